The second kappa shape index (κ2) is 27.5. The average molecular weight is 1190 g/mol. The molecule has 7 aromatic carbocycles. The maximum Gasteiger partial charge on any atom is 0.272 e. The van der Waals surface area contributed by atoms with Gasteiger partial charge in [0.2, 0.25) is 5.91 Å². The molecule has 3 aliphatic rings. The maximum atomic E-state index is 12.7. The Morgan fingerprint density at radius 3 is 2.16 bits per heavy atom. The Hall–Kier alpha value is -9.83. The first kappa shape index (κ1) is 62.2. The number of piperidine rings is 1. The van der Waals surface area contributed by atoms with E-state index < -0.39 is 0 Å². The number of hydrogen-bond donors (Lipinski definition) is 10. The summed E-state index contributed by atoms with van der Waals surface area (Å²) in [4.78, 5) is 36.8. The zero-order valence-electron chi connectivity index (χ0n) is 51.0. The number of amidine groups is 1. The minimum Gasteiger partial charge on any atom is -0.508 e. The number of benzene rings is 7. The Bertz CT molecular complexity index is 4350. The number of H-pyrrole nitrogens is 2. The van der Waals surface area contributed by atoms with Gasteiger partial charge in [-0.25, -0.2) is 4.57 Å². The van der Waals surface area contributed by atoms with Crippen LogP contribution in [-0.2, 0) is 24.2 Å². The van der Waals surface area contributed by atoms with Gasteiger partial charge < -0.3 is 52.8 Å². The van der Waals surface area contributed by atoms with Crippen molar-refractivity contribution in [1.29, 1.82) is 10.8 Å². The number of likely N-dealkylation sites (tertiary alicyclic amines) is 1. The van der Waals surface area contributed by atoms with Crippen LogP contribution < -0.4 is 32.0 Å². The smallest absolute Gasteiger partial charge is 0.272 e. The monoisotopic (exact) mass is 1190 g/mol. The summed E-state index contributed by atoms with van der Waals surface area (Å²) in [5, 5.41) is 40.4. The Balaban J connectivity index is 0.000000147. The highest BCUT2D eigenvalue weighted by atomic mass is 16.3. The Kier molecular flexibility index (Phi) is 19.2. The van der Waals surface area contributed by atoms with Crippen molar-refractivity contribution in [3.8, 4) is 5.75 Å². The average Bonchev–Trinajstić information content (AvgIpc) is 1.67. The van der Waals surface area contributed by atoms with Crippen molar-refractivity contribution in [2.24, 2.45) is 5.73 Å². The third kappa shape index (κ3) is 14.3. The standard InChI is InChI=1S/C25H29N5O2.C24H22N4.C24H27N3O.CH4/c1-3-30(4-2)10-9-27-24(31)19-11-16-5-7-21(14-17(16)12-19)28-25(32)23-15-18-13-20(26)6-8-22(18)29-23;1-15(25)16-4-8-22(9-5-16)28-23-10-6-17(7-11-23)20-12-18-2-3-19(24(26)27)13-21(18)14-20;1-16-21-15-27(13-12-26-9-4-3-5-10-26)11-8-19(21)17(2)24-23(16)20-14-18(28)6-7-22(20)25-24;/h5-8,12-15,29H,3-4,9-11,26H2,1-2H3,(H,27,31)(H,28,32);2-13,25,28H,14H2,1H3,(H3,26,27);6-8,11,14-15,28H,3-5,9-10,12-13H2,1-2H3;1H4/p+1. The number of rotatable bonds is 16. The van der Waals surface area contributed by atoms with Crippen LogP contribution in [0.3, 0.4) is 0 Å². The lowest BCUT2D eigenvalue weighted by atomic mass is 9.97. The van der Waals surface area contributed by atoms with Crippen LogP contribution in [-0.4, -0.2) is 94.0 Å². The summed E-state index contributed by atoms with van der Waals surface area (Å²) in [6, 6.07) is 43.1. The molecule has 10 aromatic rings. The van der Waals surface area contributed by atoms with Crippen molar-refractivity contribution in [3.05, 3.63) is 207 Å². The topological polar surface area (TPSA) is 232 Å². The van der Waals surface area contributed by atoms with Crippen LogP contribution in [0.5, 0.6) is 5.75 Å². The van der Waals surface area contributed by atoms with Crippen molar-refractivity contribution < 1.29 is 19.3 Å². The number of carbonyl (C=O) groups is 2. The van der Waals surface area contributed by atoms with Gasteiger partial charge in [-0.3, -0.25) is 19.9 Å². The number of allylic oxidation sites excluding steroid dienone is 1. The third-order valence-electron chi connectivity index (χ3n) is 17.4. The highest BCUT2D eigenvalue weighted by Crippen LogP contribution is 2.38. The first-order valence-corrected chi connectivity index (χ1v) is 30.6. The molecule has 0 unspecified atom stereocenters. The van der Waals surface area contributed by atoms with Gasteiger partial charge in [0.15, 0.2) is 18.9 Å². The van der Waals surface area contributed by atoms with Gasteiger partial charge in [-0.05, 0) is 213 Å². The van der Waals surface area contributed by atoms with Gasteiger partial charge in [0, 0.05) is 97.8 Å². The summed E-state index contributed by atoms with van der Waals surface area (Å²) in [6.45, 7) is 18.5. The fourth-order valence-corrected chi connectivity index (χ4v) is 12.3. The van der Waals surface area contributed by atoms with Crippen LogP contribution in [0.1, 0.15) is 108 Å². The van der Waals surface area contributed by atoms with E-state index in [1.807, 2.05) is 91.0 Å². The second-order valence-electron chi connectivity index (χ2n) is 23.4. The number of aromatic hydroxyl groups is 1. The van der Waals surface area contributed by atoms with Crippen LogP contribution in [0.25, 0.3) is 61.2 Å². The van der Waals surface area contributed by atoms with E-state index in [-0.39, 0.29) is 25.1 Å². The molecule has 15 heteroatoms. The number of carbonyl (C=O) groups excluding carboxylic acids is 2. The molecule has 2 aliphatic carbocycles. The number of nitrogens with one attached hydrogen (secondary N) is 7. The van der Waals surface area contributed by atoms with Crippen LogP contribution in [0.4, 0.5) is 22.7 Å². The van der Waals surface area contributed by atoms with E-state index in [0.717, 1.165) is 100 Å². The number of anilines is 4. The summed E-state index contributed by atoms with van der Waals surface area (Å²) >= 11 is 0. The molecule has 4 heterocycles. The van der Waals surface area contributed by atoms with Gasteiger partial charge in [-0.1, -0.05) is 76.2 Å². The molecule has 15 nitrogen and oxygen atoms in total. The number of nitrogens with two attached hydrogens (primary N) is 2. The van der Waals surface area contributed by atoms with E-state index in [0.29, 0.717) is 41.5 Å². The lowest BCUT2D eigenvalue weighted by Gasteiger charge is -2.24. The lowest BCUT2D eigenvalue weighted by molar-refractivity contribution is -0.695. The highest BCUT2D eigenvalue weighted by molar-refractivity contribution is 6.16. The Morgan fingerprint density at radius 2 is 1.43 bits per heavy atom. The number of fused-ring (bicyclic) bond motifs is 7. The van der Waals surface area contributed by atoms with Gasteiger partial charge >= 0.3 is 0 Å². The van der Waals surface area contributed by atoms with Crippen LogP contribution >= 0.6 is 0 Å². The first-order valence-electron chi connectivity index (χ1n) is 30.6. The fourth-order valence-electron chi connectivity index (χ4n) is 12.3. The van der Waals surface area contributed by atoms with Crippen molar-refractivity contribution in [2.75, 3.05) is 62.2 Å². The molecule has 2 amide bonds. The predicted octanol–water partition coefficient (Wildman–Crippen LogP) is 13.8. The van der Waals surface area contributed by atoms with E-state index in [4.69, 9.17) is 22.3 Å². The number of phenols is 1. The number of aryl methyl sites for hydroxylation is 2. The molecule has 12 N–H and O–H groups in total. The molecule has 1 saturated heterocycles. The lowest BCUT2D eigenvalue weighted by Crippen LogP contribution is -2.41. The summed E-state index contributed by atoms with van der Waals surface area (Å²) in [5.41, 5.74) is 30.9. The van der Waals surface area contributed by atoms with E-state index in [9.17, 15) is 14.7 Å². The molecule has 89 heavy (non-hydrogen) atoms. The number of phenolic OH excluding ortho intramolecular Hbond substituents is 1. The predicted molar refractivity (Wildman–Crippen MR) is 369 cm³/mol. The molecule has 0 saturated carbocycles. The van der Waals surface area contributed by atoms with E-state index in [2.05, 4.69) is 117 Å². The number of amides is 2. The molecule has 0 spiro atoms. The number of nitrogen functional groups attached to an aromatic ring is 2. The van der Waals surface area contributed by atoms with Crippen LogP contribution in [0.15, 0.2) is 151 Å². The molecule has 13 rings (SSSR count). The number of hydrogen-bond acceptors (Lipinski definition) is 9. The summed E-state index contributed by atoms with van der Waals surface area (Å²) in [7, 11) is 0. The quantitative estimate of drug-likeness (QED) is 0.0193. The van der Waals surface area contributed by atoms with Crippen molar-refractivity contribution >= 4 is 107 Å². The summed E-state index contributed by atoms with van der Waals surface area (Å²) in [5.74, 6) is 0.165. The van der Waals surface area contributed by atoms with Crippen molar-refractivity contribution in [1.82, 2.24) is 25.1 Å². The zero-order chi connectivity index (χ0) is 61.6. The molecule has 0 bridgehead atoms. The maximum absolute atomic E-state index is 12.7. The SMILES string of the molecule is C.CC(=N)c1ccc(Nc2ccc(C3=Cc4ccc(C(=N)N)cc4C3)cc2)cc1.CCN(CC)CCNC(=O)C1=Cc2cc(NC(=O)c3cc4cc(N)ccc4[nH]3)ccc2C1.Cc1c2cc[n+](CCN3CCCCC3)cc2c(C)c2c1[nH]c1ccc(O)cc12. The molecule has 456 valence electrons. The van der Waals surface area contributed by atoms with Gasteiger partial charge in [-0.2, -0.15) is 0 Å². The number of aromatic amines is 2. The number of nitrogens with zero attached hydrogens (tertiary/aromatic N) is 3. The van der Waals surface area contributed by atoms with Gasteiger partial charge in [-0.15, -0.1) is 0 Å². The number of pyridine rings is 1. The second-order valence-corrected chi connectivity index (χ2v) is 23.4. The van der Waals surface area contributed by atoms with E-state index >= 15 is 0 Å². The largest absolute Gasteiger partial charge is 0.508 e. The van der Waals surface area contributed by atoms with E-state index in [1.165, 1.54) is 87.4 Å². The normalized spacial score (nSPS) is 13.4. The minimum absolute atomic E-state index is 0. The van der Waals surface area contributed by atoms with E-state index in [1.54, 1.807) is 25.1 Å². The minimum atomic E-state index is -0.226. The van der Waals surface area contributed by atoms with Gasteiger partial charge in [0.1, 0.15) is 17.3 Å². The third-order valence-corrected chi connectivity index (χ3v) is 17.4. The molecule has 1 aliphatic heterocycles. The first-order chi connectivity index (χ1) is 42.6. The summed E-state index contributed by atoms with van der Waals surface area (Å²) in [6.07, 6.45) is 14.2. The number of aromatic nitrogens is 3. The molecular formula is C74H83N12O3+. The molecule has 0 radical (unpaired) electrons. The Morgan fingerprint density at radius 1 is 0.708 bits per heavy atom. The van der Waals surface area contributed by atoms with Crippen molar-refractivity contribution in [3.63, 3.8) is 0 Å². The van der Waals surface area contributed by atoms with Crippen LogP contribution in [0.2, 0.25) is 0 Å². The molecule has 1 fully saturated rings. The van der Waals surface area contributed by atoms with Gasteiger partial charge in [0.05, 0.1) is 12.1 Å². The van der Waals surface area contributed by atoms with Gasteiger partial charge in [0.25, 0.3) is 5.91 Å². The fraction of sp³-hybridized carbons (Fsp3) is 0.257. The Labute approximate surface area is 521 Å². The zero-order valence-corrected chi connectivity index (χ0v) is 51.0. The summed E-state index contributed by atoms with van der Waals surface area (Å²) < 4.78 is 2.33. The molecule has 3 aromatic heterocycles. The van der Waals surface area contributed by atoms with Crippen molar-refractivity contribution in [2.45, 2.75) is 80.7 Å². The highest BCUT2D eigenvalue weighted by Gasteiger charge is 2.22. The molecular weight excluding hydrogens is 1100 g/mol. The molecule has 0 atom stereocenters. The van der Waals surface area contributed by atoms with Crippen LogP contribution in [0, 0.1) is 24.7 Å². The number of likely N-dealkylation sites (N-methyl/N-ethyl adjacent to an activating group) is 1.